The smallest absolute Gasteiger partial charge is 0.223 e. The predicted octanol–water partition coefficient (Wildman–Crippen LogP) is 4.05. The first-order valence-electron chi connectivity index (χ1n) is 8.98. The molecule has 140 valence electrons. The lowest BCUT2D eigenvalue weighted by molar-refractivity contribution is -0.130. The third-order valence-electron chi connectivity index (χ3n) is 4.81. The summed E-state index contributed by atoms with van der Waals surface area (Å²) in [6.07, 6.45) is 2.13. The van der Waals surface area contributed by atoms with Crippen LogP contribution in [-0.4, -0.2) is 27.6 Å². The van der Waals surface area contributed by atoms with Crippen molar-refractivity contribution >= 4 is 5.91 Å². The van der Waals surface area contributed by atoms with Crippen LogP contribution in [0.5, 0.6) is 0 Å². The van der Waals surface area contributed by atoms with Crippen molar-refractivity contribution in [3.05, 3.63) is 89.0 Å². The number of carbonyl (C=O) groups excluding carboxylic acids is 1. The van der Waals surface area contributed by atoms with Crippen LogP contribution in [-0.2, 0) is 18.4 Å². The molecule has 3 aromatic rings. The van der Waals surface area contributed by atoms with Crippen LogP contribution in [0.4, 0.5) is 4.39 Å². The van der Waals surface area contributed by atoms with Crippen LogP contribution in [0.15, 0.2) is 60.8 Å². The largest absolute Gasteiger partial charge is 0.341 e. The molecule has 1 unspecified atom stereocenters. The molecule has 0 aliphatic rings. The molecule has 1 heterocycles. The molecule has 5 heteroatoms. The van der Waals surface area contributed by atoms with E-state index in [4.69, 9.17) is 0 Å². The van der Waals surface area contributed by atoms with Gasteiger partial charge in [-0.2, -0.15) is 5.10 Å². The lowest BCUT2D eigenvalue weighted by Crippen LogP contribution is -2.28. The summed E-state index contributed by atoms with van der Waals surface area (Å²) in [6, 6.07) is 16.3. The number of rotatable bonds is 6. The second-order valence-corrected chi connectivity index (χ2v) is 6.85. The lowest BCUT2D eigenvalue weighted by atomic mass is 9.87. The molecule has 0 spiro atoms. The van der Waals surface area contributed by atoms with Crippen LogP contribution in [0.3, 0.4) is 0 Å². The fourth-order valence-electron chi connectivity index (χ4n) is 3.33. The fraction of sp³-hybridized carbons (Fsp3) is 0.273. The van der Waals surface area contributed by atoms with Gasteiger partial charge in [-0.05, 0) is 24.1 Å². The summed E-state index contributed by atoms with van der Waals surface area (Å²) in [5.74, 6) is -0.641. The fourth-order valence-corrected chi connectivity index (χ4v) is 3.33. The Morgan fingerprint density at radius 3 is 2.44 bits per heavy atom. The normalized spacial score (nSPS) is 12.0. The van der Waals surface area contributed by atoms with Gasteiger partial charge in [-0.15, -0.1) is 0 Å². The van der Waals surface area contributed by atoms with Gasteiger partial charge in [0.05, 0.1) is 5.69 Å². The van der Waals surface area contributed by atoms with E-state index in [0.29, 0.717) is 12.1 Å². The van der Waals surface area contributed by atoms with Gasteiger partial charge in [0.15, 0.2) is 0 Å². The SMILES string of the molecule is Cc1nn(C)cc1CN(C)C(=O)CC(c1ccccc1)c1ccccc1F. The summed E-state index contributed by atoms with van der Waals surface area (Å²) in [5, 5.41) is 4.32. The van der Waals surface area contributed by atoms with Crippen molar-refractivity contribution in [1.82, 2.24) is 14.7 Å². The molecular formula is C22H24FN3O. The molecule has 2 aromatic carbocycles. The van der Waals surface area contributed by atoms with Crippen molar-refractivity contribution in [1.29, 1.82) is 0 Å². The Balaban J connectivity index is 1.82. The van der Waals surface area contributed by atoms with E-state index < -0.39 is 0 Å². The molecule has 0 saturated heterocycles. The van der Waals surface area contributed by atoms with Crippen molar-refractivity contribution in [3.8, 4) is 0 Å². The Kier molecular flexibility index (Phi) is 5.69. The minimum atomic E-state index is -0.322. The van der Waals surface area contributed by atoms with Gasteiger partial charge in [-0.25, -0.2) is 4.39 Å². The van der Waals surface area contributed by atoms with E-state index in [1.165, 1.54) is 6.07 Å². The Hall–Kier alpha value is -2.95. The van der Waals surface area contributed by atoms with Crippen LogP contribution in [0, 0.1) is 12.7 Å². The zero-order valence-electron chi connectivity index (χ0n) is 15.9. The minimum Gasteiger partial charge on any atom is -0.341 e. The molecule has 1 amide bonds. The quantitative estimate of drug-likeness (QED) is 0.661. The van der Waals surface area contributed by atoms with Crippen LogP contribution in [0.2, 0.25) is 0 Å². The van der Waals surface area contributed by atoms with Gasteiger partial charge in [0.1, 0.15) is 5.82 Å². The average Bonchev–Trinajstić information content (AvgIpc) is 2.98. The van der Waals surface area contributed by atoms with E-state index in [-0.39, 0.29) is 24.1 Å². The summed E-state index contributed by atoms with van der Waals surface area (Å²) < 4.78 is 16.2. The van der Waals surface area contributed by atoms with Crippen molar-refractivity contribution in [3.63, 3.8) is 0 Å². The molecule has 0 fully saturated rings. The molecule has 0 bridgehead atoms. The first-order valence-corrected chi connectivity index (χ1v) is 8.98. The summed E-state index contributed by atoms with van der Waals surface area (Å²) in [4.78, 5) is 14.6. The standard InChI is InChI=1S/C22H24FN3O/c1-16-18(15-26(3)24-16)14-25(2)22(27)13-20(17-9-5-4-6-10-17)19-11-7-8-12-21(19)23/h4-12,15,20H,13-14H2,1-3H3. The number of aryl methyl sites for hydroxylation is 2. The molecular weight excluding hydrogens is 341 g/mol. The topological polar surface area (TPSA) is 38.1 Å². The molecule has 0 aliphatic heterocycles. The maximum absolute atomic E-state index is 14.4. The lowest BCUT2D eigenvalue weighted by Gasteiger charge is -2.23. The van der Waals surface area contributed by atoms with E-state index >= 15 is 0 Å². The van der Waals surface area contributed by atoms with Crippen molar-refractivity contribution in [2.45, 2.75) is 25.8 Å². The maximum atomic E-state index is 14.4. The number of aromatic nitrogens is 2. The molecule has 1 atom stereocenters. The van der Waals surface area contributed by atoms with Gasteiger partial charge in [0, 0.05) is 44.7 Å². The number of nitrogens with zero attached hydrogens (tertiary/aromatic N) is 3. The number of amides is 1. The highest BCUT2D eigenvalue weighted by Crippen LogP contribution is 2.30. The maximum Gasteiger partial charge on any atom is 0.223 e. The van der Waals surface area contributed by atoms with Gasteiger partial charge in [-0.3, -0.25) is 9.48 Å². The number of benzene rings is 2. The Morgan fingerprint density at radius 2 is 1.81 bits per heavy atom. The third kappa shape index (κ3) is 4.42. The molecule has 27 heavy (non-hydrogen) atoms. The highest BCUT2D eigenvalue weighted by Gasteiger charge is 2.23. The second kappa shape index (κ2) is 8.16. The predicted molar refractivity (Wildman–Crippen MR) is 104 cm³/mol. The molecule has 0 saturated carbocycles. The highest BCUT2D eigenvalue weighted by molar-refractivity contribution is 5.77. The Labute approximate surface area is 159 Å². The molecule has 1 aromatic heterocycles. The first kappa shape index (κ1) is 18.8. The van der Waals surface area contributed by atoms with E-state index in [2.05, 4.69) is 5.10 Å². The minimum absolute atomic E-state index is 0.0321. The van der Waals surface area contributed by atoms with E-state index in [9.17, 15) is 9.18 Å². The van der Waals surface area contributed by atoms with Gasteiger partial charge in [-0.1, -0.05) is 48.5 Å². The molecule has 4 nitrogen and oxygen atoms in total. The van der Waals surface area contributed by atoms with Gasteiger partial charge in [0.2, 0.25) is 5.91 Å². The Morgan fingerprint density at radius 1 is 1.15 bits per heavy atom. The third-order valence-corrected chi connectivity index (χ3v) is 4.81. The van der Waals surface area contributed by atoms with E-state index in [0.717, 1.165) is 16.8 Å². The highest BCUT2D eigenvalue weighted by atomic mass is 19.1. The van der Waals surface area contributed by atoms with Crippen molar-refractivity contribution in [2.24, 2.45) is 7.05 Å². The number of carbonyl (C=O) groups is 1. The molecule has 0 N–H and O–H groups in total. The zero-order chi connectivity index (χ0) is 19.4. The van der Waals surface area contributed by atoms with Gasteiger partial charge in [0.25, 0.3) is 0 Å². The molecule has 3 rings (SSSR count). The Bertz CT molecular complexity index is 920. The van der Waals surface area contributed by atoms with E-state index in [1.807, 2.05) is 56.6 Å². The summed E-state index contributed by atoms with van der Waals surface area (Å²) >= 11 is 0. The van der Waals surface area contributed by atoms with Crippen LogP contribution in [0.25, 0.3) is 0 Å². The summed E-state index contributed by atoms with van der Waals surface area (Å²) in [6.45, 7) is 2.41. The number of hydrogen-bond acceptors (Lipinski definition) is 2. The van der Waals surface area contributed by atoms with Gasteiger partial charge < -0.3 is 4.90 Å². The van der Waals surface area contributed by atoms with Crippen molar-refractivity contribution in [2.75, 3.05) is 7.05 Å². The zero-order valence-corrected chi connectivity index (χ0v) is 15.9. The second-order valence-electron chi connectivity index (χ2n) is 6.85. The summed E-state index contributed by atoms with van der Waals surface area (Å²) in [7, 11) is 3.64. The van der Waals surface area contributed by atoms with E-state index in [1.54, 1.807) is 28.8 Å². The van der Waals surface area contributed by atoms with Crippen LogP contribution >= 0.6 is 0 Å². The van der Waals surface area contributed by atoms with Crippen LogP contribution in [0.1, 0.15) is 34.7 Å². The molecule has 0 radical (unpaired) electrons. The summed E-state index contributed by atoms with van der Waals surface area (Å²) in [5.41, 5.74) is 3.39. The van der Waals surface area contributed by atoms with Crippen LogP contribution < -0.4 is 0 Å². The molecule has 0 aliphatic carbocycles. The van der Waals surface area contributed by atoms with Crippen molar-refractivity contribution < 1.29 is 9.18 Å². The monoisotopic (exact) mass is 365 g/mol. The first-order chi connectivity index (χ1) is 13.0. The number of hydrogen-bond donors (Lipinski definition) is 0. The average molecular weight is 365 g/mol. The number of halogens is 1. The van der Waals surface area contributed by atoms with Gasteiger partial charge >= 0.3 is 0 Å².